The molecule has 44 heavy (non-hydrogen) atoms. The lowest BCUT2D eigenvalue weighted by Crippen LogP contribution is -2.36. The lowest BCUT2D eigenvalue weighted by molar-refractivity contribution is 0.403. The highest BCUT2D eigenvalue weighted by atomic mass is 16.3. The van der Waals surface area contributed by atoms with Crippen molar-refractivity contribution in [2.24, 2.45) is 0 Å². The normalized spacial score (nSPS) is 16.8. The molecule has 1 atom stereocenters. The summed E-state index contributed by atoms with van der Waals surface area (Å²) in [5, 5.41) is 32.9. The van der Waals surface area contributed by atoms with E-state index in [2.05, 4.69) is 107 Å². The standard InChI is InChI=1S/C40H39NO3/c1-23-16-34-32(22-35(23)42)40(29-13-9-8-12-27(29)28-20-36(43)37(44)21-31(28)40)30-14-10-11-15-33(30)41(34)26-18-24(38(2,3)4)17-25(19-26)39(5,6)7/h8-22,42-44H,1-7H3. The van der Waals surface area contributed by atoms with Gasteiger partial charge in [0.05, 0.1) is 16.8 Å². The molecule has 1 unspecified atom stereocenters. The lowest BCUT2D eigenvalue weighted by atomic mass is 9.64. The zero-order chi connectivity index (χ0) is 31.3. The second-order valence-electron chi connectivity index (χ2n) is 14.5. The van der Waals surface area contributed by atoms with Crippen LogP contribution < -0.4 is 4.90 Å². The van der Waals surface area contributed by atoms with E-state index in [9.17, 15) is 15.3 Å². The van der Waals surface area contributed by atoms with E-state index in [1.54, 1.807) is 12.1 Å². The van der Waals surface area contributed by atoms with Crippen LogP contribution in [0, 0.1) is 6.92 Å². The minimum atomic E-state index is -0.834. The minimum Gasteiger partial charge on any atom is -0.508 e. The molecule has 0 saturated heterocycles. The molecule has 0 radical (unpaired) electrons. The molecule has 1 heterocycles. The zero-order valence-corrected chi connectivity index (χ0v) is 26.4. The first kappa shape index (κ1) is 28.1. The number of phenolic OH excluding ortho intramolecular Hbond substituents is 3. The highest BCUT2D eigenvalue weighted by Gasteiger charge is 2.52. The van der Waals surface area contributed by atoms with Crippen LogP contribution in [0.25, 0.3) is 11.1 Å². The topological polar surface area (TPSA) is 63.9 Å². The first-order valence-corrected chi connectivity index (χ1v) is 15.3. The van der Waals surface area contributed by atoms with Gasteiger partial charge in [-0.25, -0.2) is 0 Å². The minimum absolute atomic E-state index is 0.0664. The van der Waals surface area contributed by atoms with Gasteiger partial charge < -0.3 is 20.2 Å². The van der Waals surface area contributed by atoms with E-state index in [0.717, 1.165) is 56.0 Å². The molecule has 0 bridgehead atoms. The number of phenols is 3. The first-order valence-electron chi connectivity index (χ1n) is 15.3. The maximum absolute atomic E-state index is 11.3. The largest absolute Gasteiger partial charge is 0.508 e. The summed E-state index contributed by atoms with van der Waals surface area (Å²) in [5.41, 5.74) is 11.2. The van der Waals surface area contributed by atoms with Gasteiger partial charge in [0.2, 0.25) is 0 Å². The molecule has 0 aromatic heterocycles. The van der Waals surface area contributed by atoms with Crippen LogP contribution in [0.1, 0.15) is 80.5 Å². The van der Waals surface area contributed by atoms with E-state index in [4.69, 9.17) is 0 Å². The van der Waals surface area contributed by atoms with Crippen molar-refractivity contribution >= 4 is 17.1 Å². The fraction of sp³-hybridized carbons (Fsp3) is 0.250. The van der Waals surface area contributed by atoms with Crippen LogP contribution in [0.5, 0.6) is 17.2 Å². The number of anilines is 3. The molecule has 1 aliphatic carbocycles. The summed E-state index contributed by atoms with van der Waals surface area (Å²) >= 11 is 0. The van der Waals surface area contributed by atoms with Crippen LogP contribution in [0.4, 0.5) is 17.1 Å². The van der Waals surface area contributed by atoms with Crippen LogP contribution in [0.2, 0.25) is 0 Å². The molecule has 5 aromatic rings. The molecular weight excluding hydrogens is 542 g/mol. The summed E-state index contributed by atoms with van der Waals surface area (Å²) in [4.78, 5) is 2.34. The third-order valence-electron chi connectivity index (χ3n) is 9.56. The van der Waals surface area contributed by atoms with E-state index in [-0.39, 0.29) is 28.1 Å². The average Bonchev–Trinajstić information content (AvgIpc) is 3.23. The van der Waals surface area contributed by atoms with Gasteiger partial charge in [-0.1, -0.05) is 90.1 Å². The molecule has 3 N–H and O–H groups in total. The van der Waals surface area contributed by atoms with Gasteiger partial charge in [-0.2, -0.15) is 0 Å². The number of aromatic hydroxyl groups is 3. The van der Waals surface area contributed by atoms with E-state index >= 15 is 0 Å². The number of fused-ring (bicyclic) bond motifs is 9. The summed E-state index contributed by atoms with van der Waals surface area (Å²) in [6.45, 7) is 15.5. The molecule has 222 valence electrons. The number of benzene rings is 5. The maximum Gasteiger partial charge on any atom is 0.158 e. The summed E-state index contributed by atoms with van der Waals surface area (Å²) < 4.78 is 0. The molecule has 0 saturated carbocycles. The van der Waals surface area contributed by atoms with E-state index in [1.807, 2.05) is 25.1 Å². The Morgan fingerprint density at radius 2 is 1.09 bits per heavy atom. The highest BCUT2D eigenvalue weighted by Crippen LogP contribution is 2.65. The Balaban J connectivity index is 1.65. The number of aryl methyl sites for hydroxylation is 1. The number of hydrogen-bond acceptors (Lipinski definition) is 4. The molecule has 2 aliphatic rings. The molecule has 4 nitrogen and oxygen atoms in total. The fourth-order valence-corrected chi connectivity index (χ4v) is 7.19. The third-order valence-corrected chi connectivity index (χ3v) is 9.56. The Labute approximate surface area is 259 Å². The molecular formula is C40H39NO3. The van der Waals surface area contributed by atoms with Crippen LogP contribution in [-0.4, -0.2) is 15.3 Å². The molecule has 1 aliphatic heterocycles. The summed E-state index contributed by atoms with van der Waals surface area (Å²) in [6.07, 6.45) is 0. The number of para-hydroxylation sites is 1. The van der Waals surface area contributed by atoms with Gasteiger partial charge in [0.25, 0.3) is 0 Å². The van der Waals surface area contributed by atoms with Crippen molar-refractivity contribution in [1.29, 1.82) is 0 Å². The Morgan fingerprint density at radius 3 is 1.75 bits per heavy atom. The molecule has 1 spiro atoms. The van der Waals surface area contributed by atoms with Crippen molar-refractivity contribution in [3.63, 3.8) is 0 Å². The number of nitrogens with zero attached hydrogens (tertiary/aromatic N) is 1. The van der Waals surface area contributed by atoms with Gasteiger partial charge in [0.15, 0.2) is 11.5 Å². The van der Waals surface area contributed by atoms with Gasteiger partial charge in [-0.05, 0) is 110 Å². The van der Waals surface area contributed by atoms with Gasteiger partial charge in [0, 0.05) is 5.69 Å². The van der Waals surface area contributed by atoms with Gasteiger partial charge in [0.1, 0.15) is 5.75 Å². The zero-order valence-electron chi connectivity index (χ0n) is 26.4. The predicted molar refractivity (Wildman–Crippen MR) is 179 cm³/mol. The van der Waals surface area contributed by atoms with Crippen LogP contribution in [0.3, 0.4) is 0 Å². The molecule has 0 amide bonds. The third kappa shape index (κ3) is 3.83. The smallest absolute Gasteiger partial charge is 0.158 e. The van der Waals surface area contributed by atoms with Crippen molar-refractivity contribution in [1.82, 2.24) is 0 Å². The second-order valence-corrected chi connectivity index (χ2v) is 14.5. The summed E-state index contributed by atoms with van der Waals surface area (Å²) in [7, 11) is 0. The Kier molecular flexibility index (Phi) is 5.84. The fourth-order valence-electron chi connectivity index (χ4n) is 7.19. The Morgan fingerprint density at radius 1 is 0.523 bits per heavy atom. The van der Waals surface area contributed by atoms with Crippen molar-refractivity contribution in [2.75, 3.05) is 4.90 Å². The van der Waals surface area contributed by atoms with Crippen LogP contribution >= 0.6 is 0 Å². The number of rotatable bonds is 1. The van der Waals surface area contributed by atoms with Crippen LogP contribution in [-0.2, 0) is 16.2 Å². The first-order chi connectivity index (χ1) is 20.7. The predicted octanol–water partition coefficient (Wildman–Crippen LogP) is 9.85. The molecule has 4 heteroatoms. The van der Waals surface area contributed by atoms with Gasteiger partial charge in [-0.15, -0.1) is 0 Å². The average molecular weight is 582 g/mol. The molecule has 7 rings (SSSR count). The number of hydrogen-bond donors (Lipinski definition) is 3. The van der Waals surface area contributed by atoms with Crippen molar-refractivity contribution in [2.45, 2.75) is 64.7 Å². The Hall–Kier alpha value is -4.70. The Bertz CT molecular complexity index is 1960. The molecule has 5 aromatic carbocycles. The monoisotopic (exact) mass is 581 g/mol. The van der Waals surface area contributed by atoms with E-state index in [0.29, 0.717) is 0 Å². The van der Waals surface area contributed by atoms with Gasteiger partial charge >= 0.3 is 0 Å². The molecule has 0 fully saturated rings. The van der Waals surface area contributed by atoms with Gasteiger partial charge in [-0.3, -0.25) is 0 Å². The maximum atomic E-state index is 11.3. The van der Waals surface area contributed by atoms with Crippen molar-refractivity contribution in [3.8, 4) is 28.4 Å². The van der Waals surface area contributed by atoms with Crippen LogP contribution in [0.15, 0.2) is 91.0 Å². The van der Waals surface area contributed by atoms with E-state index in [1.165, 1.54) is 11.1 Å². The quantitative estimate of drug-likeness (QED) is 0.169. The SMILES string of the molecule is Cc1cc2c(cc1O)C1(c3ccccc3-c3cc(O)c(O)cc31)c1ccccc1N2c1cc(C(C)(C)C)cc(C(C)(C)C)c1. The summed E-state index contributed by atoms with van der Waals surface area (Å²) in [6, 6.07) is 31.0. The van der Waals surface area contributed by atoms with E-state index < -0.39 is 5.41 Å². The second kappa shape index (κ2) is 9.15. The van der Waals surface area contributed by atoms with Crippen molar-refractivity contribution < 1.29 is 15.3 Å². The summed E-state index contributed by atoms with van der Waals surface area (Å²) in [5.74, 6) is -0.0985. The van der Waals surface area contributed by atoms with Crippen molar-refractivity contribution in [3.05, 3.63) is 130 Å². The highest BCUT2D eigenvalue weighted by molar-refractivity contribution is 5.97. The lowest BCUT2D eigenvalue weighted by Gasteiger charge is -2.45.